The molecule has 1 aromatic carbocycles. The zero-order valence-corrected chi connectivity index (χ0v) is 9.59. The number of Topliss-reactive ketones (excluding diaryl/α,β-unsaturated/α-hetero) is 1. The molecule has 0 N–H and O–H groups in total. The molecule has 0 saturated heterocycles. The Morgan fingerprint density at radius 1 is 1.33 bits per heavy atom. The van der Waals surface area contributed by atoms with Crippen LogP contribution in [0.5, 0.6) is 5.75 Å². The molecule has 0 aliphatic carbocycles. The molecule has 5 heteroatoms. The van der Waals surface area contributed by atoms with Crippen LogP contribution in [0.1, 0.15) is 17.3 Å². The van der Waals surface area contributed by atoms with Crippen molar-refractivity contribution >= 4 is 15.6 Å². The minimum Gasteiger partial charge on any atom is -0.496 e. The summed E-state index contributed by atoms with van der Waals surface area (Å²) in [6, 6.07) is 4.21. The van der Waals surface area contributed by atoms with Gasteiger partial charge in [0.15, 0.2) is 15.6 Å². The predicted octanol–water partition coefficient (Wildman–Crippen LogP) is 1.30. The zero-order valence-electron chi connectivity index (χ0n) is 8.77. The lowest BCUT2D eigenvalue weighted by Gasteiger charge is -2.07. The lowest BCUT2D eigenvalue weighted by molar-refractivity contribution is 0.101. The second-order valence-corrected chi connectivity index (χ2v) is 5.21. The largest absolute Gasteiger partial charge is 0.496 e. The Bertz CT molecular complexity index is 488. The maximum atomic E-state index is 11.2. The second kappa shape index (κ2) is 4.02. The van der Waals surface area contributed by atoms with Gasteiger partial charge in [-0.05, 0) is 25.1 Å². The van der Waals surface area contributed by atoms with Crippen molar-refractivity contribution < 1.29 is 17.9 Å². The summed E-state index contributed by atoms with van der Waals surface area (Å²) in [6.45, 7) is 1.40. The fourth-order valence-corrected chi connectivity index (χ4v) is 1.83. The van der Waals surface area contributed by atoms with E-state index in [0.29, 0.717) is 5.56 Å². The molecule has 0 aliphatic rings. The molecule has 0 heterocycles. The van der Waals surface area contributed by atoms with Gasteiger partial charge in [-0.15, -0.1) is 0 Å². The smallest absolute Gasteiger partial charge is 0.175 e. The summed E-state index contributed by atoms with van der Waals surface area (Å²) < 4.78 is 27.4. The van der Waals surface area contributed by atoms with E-state index in [0.717, 1.165) is 6.26 Å². The average molecular weight is 228 g/mol. The molecule has 1 rings (SSSR count). The third-order valence-corrected chi connectivity index (χ3v) is 3.09. The van der Waals surface area contributed by atoms with Gasteiger partial charge in [0.05, 0.1) is 17.6 Å². The van der Waals surface area contributed by atoms with Crippen LogP contribution in [0, 0.1) is 0 Å². The lowest BCUT2D eigenvalue weighted by atomic mass is 10.1. The third-order valence-electron chi connectivity index (χ3n) is 1.98. The Labute approximate surface area is 88.8 Å². The van der Waals surface area contributed by atoms with E-state index in [1.165, 1.54) is 32.2 Å². The van der Waals surface area contributed by atoms with Crippen LogP contribution in [0.4, 0.5) is 0 Å². The molecule has 0 bridgehead atoms. The van der Waals surface area contributed by atoms with E-state index in [4.69, 9.17) is 4.74 Å². The summed E-state index contributed by atoms with van der Waals surface area (Å²) in [5.74, 6) is 0.123. The predicted molar refractivity (Wildman–Crippen MR) is 56.1 cm³/mol. The van der Waals surface area contributed by atoms with Gasteiger partial charge in [0, 0.05) is 6.26 Å². The Morgan fingerprint density at radius 3 is 2.33 bits per heavy atom. The highest BCUT2D eigenvalue weighted by atomic mass is 32.2. The van der Waals surface area contributed by atoms with Crippen molar-refractivity contribution in [2.75, 3.05) is 13.4 Å². The number of hydrogen-bond donors (Lipinski definition) is 0. The van der Waals surface area contributed by atoms with E-state index in [1.807, 2.05) is 0 Å². The van der Waals surface area contributed by atoms with Gasteiger partial charge in [0.1, 0.15) is 5.75 Å². The minimum atomic E-state index is -3.27. The summed E-state index contributed by atoms with van der Waals surface area (Å²) in [6.07, 6.45) is 1.11. The Hall–Kier alpha value is -1.36. The van der Waals surface area contributed by atoms with Crippen LogP contribution in [0.25, 0.3) is 0 Å². The fourth-order valence-electron chi connectivity index (χ4n) is 1.19. The molecule has 82 valence electrons. The number of methoxy groups -OCH3 is 1. The summed E-state index contributed by atoms with van der Waals surface area (Å²) in [7, 11) is -1.87. The standard InChI is InChI=1S/C10H12O4S/c1-7(11)9-5-4-8(15(3,12)13)6-10(9)14-2/h4-6H,1-3H3. The maximum Gasteiger partial charge on any atom is 0.175 e. The first-order valence-corrected chi connectivity index (χ1v) is 6.14. The van der Waals surface area contributed by atoms with E-state index < -0.39 is 9.84 Å². The van der Waals surface area contributed by atoms with Crippen LogP contribution in [-0.4, -0.2) is 27.6 Å². The number of rotatable bonds is 3. The van der Waals surface area contributed by atoms with Gasteiger partial charge < -0.3 is 4.74 Å². The molecule has 0 aliphatic heterocycles. The van der Waals surface area contributed by atoms with Gasteiger partial charge in [-0.1, -0.05) is 0 Å². The SMILES string of the molecule is COc1cc(S(C)(=O)=O)ccc1C(C)=O. The number of carbonyl (C=O) groups excluding carboxylic acids is 1. The van der Waals surface area contributed by atoms with E-state index in [1.54, 1.807) is 0 Å². The van der Waals surface area contributed by atoms with Gasteiger partial charge >= 0.3 is 0 Å². The van der Waals surface area contributed by atoms with Gasteiger partial charge in [-0.25, -0.2) is 8.42 Å². The van der Waals surface area contributed by atoms with Gasteiger partial charge in [0.25, 0.3) is 0 Å². The number of ketones is 1. The highest BCUT2D eigenvalue weighted by Gasteiger charge is 2.13. The first-order chi connectivity index (χ1) is 6.86. The monoisotopic (exact) mass is 228 g/mol. The Morgan fingerprint density at radius 2 is 1.93 bits per heavy atom. The van der Waals surface area contributed by atoms with Crippen molar-refractivity contribution in [3.8, 4) is 5.75 Å². The van der Waals surface area contributed by atoms with Crippen molar-refractivity contribution in [3.05, 3.63) is 23.8 Å². The first-order valence-electron chi connectivity index (χ1n) is 4.25. The fraction of sp³-hybridized carbons (Fsp3) is 0.300. The normalized spacial score (nSPS) is 11.1. The van der Waals surface area contributed by atoms with E-state index in [9.17, 15) is 13.2 Å². The highest BCUT2D eigenvalue weighted by Crippen LogP contribution is 2.23. The molecule has 0 unspecified atom stereocenters. The van der Waals surface area contributed by atoms with E-state index in [-0.39, 0.29) is 16.4 Å². The molecule has 1 aromatic rings. The minimum absolute atomic E-state index is 0.143. The van der Waals surface area contributed by atoms with Gasteiger partial charge in [0.2, 0.25) is 0 Å². The summed E-state index contributed by atoms with van der Waals surface area (Å²) >= 11 is 0. The number of carbonyl (C=O) groups is 1. The Kier molecular flexibility index (Phi) is 3.14. The van der Waals surface area contributed by atoms with Gasteiger partial charge in [-0.2, -0.15) is 0 Å². The molecule has 0 saturated carbocycles. The topological polar surface area (TPSA) is 60.4 Å². The van der Waals surface area contributed by atoms with Crippen molar-refractivity contribution in [2.24, 2.45) is 0 Å². The van der Waals surface area contributed by atoms with E-state index >= 15 is 0 Å². The first kappa shape index (κ1) is 11.7. The van der Waals surface area contributed by atoms with E-state index in [2.05, 4.69) is 0 Å². The molecule has 0 radical (unpaired) electrons. The number of benzene rings is 1. The van der Waals surface area contributed by atoms with Crippen LogP contribution in [0.3, 0.4) is 0 Å². The molecular weight excluding hydrogens is 216 g/mol. The number of hydrogen-bond acceptors (Lipinski definition) is 4. The second-order valence-electron chi connectivity index (χ2n) is 3.19. The van der Waals surface area contributed by atoms with Crippen molar-refractivity contribution in [3.63, 3.8) is 0 Å². The number of sulfone groups is 1. The molecule has 0 fully saturated rings. The third kappa shape index (κ3) is 2.56. The molecule has 4 nitrogen and oxygen atoms in total. The number of ether oxygens (including phenoxy) is 1. The van der Waals surface area contributed by atoms with Crippen LogP contribution in [0.2, 0.25) is 0 Å². The molecule has 0 aromatic heterocycles. The molecular formula is C10H12O4S. The summed E-state index contributed by atoms with van der Waals surface area (Å²) in [4.78, 5) is 11.3. The lowest BCUT2D eigenvalue weighted by Crippen LogP contribution is -2.02. The summed E-state index contributed by atoms with van der Waals surface area (Å²) in [5.41, 5.74) is 0.380. The average Bonchev–Trinajstić information content (AvgIpc) is 2.15. The quantitative estimate of drug-likeness (QED) is 0.732. The van der Waals surface area contributed by atoms with Crippen molar-refractivity contribution in [1.29, 1.82) is 0 Å². The van der Waals surface area contributed by atoms with Crippen LogP contribution < -0.4 is 4.74 Å². The van der Waals surface area contributed by atoms with Gasteiger partial charge in [-0.3, -0.25) is 4.79 Å². The van der Waals surface area contributed by atoms with Crippen LogP contribution >= 0.6 is 0 Å². The molecule has 0 atom stereocenters. The highest BCUT2D eigenvalue weighted by molar-refractivity contribution is 7.90. The summed E-state index contributed by atoms with van der Waals surface area (Å²) in [5, 5.41) is 0. The molecule has 15 heavy (non-hydrogen) atoms. The van der Waals surface area contributed by atoms with Crippen LogP contribution in [-0.2, 0) is 9.84 Å². The van der Waals surface area contributed by atoms with Crippen molar-refractivity contribution in [1.82, 2.24) is 0 Å². The van der Waals surface area contributed by atoms with Crippen molar-refractivity contribution in [2.45, 2.75) is 11.8 Å². The maximum absolute atomic E-state index is 11.2. The van der Waals surface area contributed by atoms with Crippen LogP contribution in [0.15, 0.2) is 23.1 Å². The Balaban J connectivity index is 3.38. The zero-order chi connectivity index (χ0) is 11.6. The molecule has 0 spiro atoms. The molecule has 0 amide bonds.